The average Bonchev–Trinajstić information content (AvgIpc) is 2.81. The molecule has 0 amide bonds. The lowest BCUT2D eigenvalue weighted by Crippen LogP contribution is -2.21. The van der Waals surface area contributed by atoms with Crippen LogP contribution in [0.2, 0.25) is 0 Å². The standard InChI is InChI=1S/C25H29N3O4S/c1-28(15-9-10-16-32-18-22(29)19-33(2,30)31)23-17-26-24(20-11-5-3-6-12-20)25(27-23)21-13-7-4-8-14-21/h3-8,11-14,17H,9-10,15-16,18-19H2,1-2H3. The molecule has 0 aliphatic heterocycles. The Balaban J connectivity index is 1.60. The molecule has 0 bridgehead atoms. The largest absolute Gasteiger partial charge is 0.374 e. The maximum atomic E-state index is 11.5. The van der Waals surface area contributed by atoms with Gasteiger partial charge >= 0.3 is 0 Å². The van der Waals surface area contributed by atoms with Crippen LogP contribution in [-0.4, -0.2) is 63.0 Å². The molecule has 174 valence electrons. The van der Waals surface area contributed by atoms with E-state index in [1.807, 2.05) is 72.6 Å². The van der Waals surface area contributed by atoms with E-state index >= 15 is 0 Å². The van der Waals surface area contributed by atoms with Gasteiger partial charge in [-0.15, -0.1) is 0 Å². The Labute approximate surface area is 195 Å². The van der Waals surface area contributed by atoms with Crippen LogP contribution in [0, 0.1) is 0 Å². The number of unbranched alkanes of at least 4 members (excludes halogenated alkanes) is 1. The molecule has 0 aliphatic rings. The molecule has 0 radical (unpaired) electrons. The van der Waals surface area contributed by atoms with Crippen LogP contribution < -0.4 is 4.90 Å². The summed E-state index contributed by atoms with van der Waals surface area (Å²) in [7, 11) is -1.34. The predicted octanol–water partition coefficient (Wildman–Crippen LogP) is 3.66. The normalized spacial score (nSPS) is 11.3. The van der Waals surface area contributed by atoms with E-state index in [1.165, 1.54) is 0 Å². The van der Waals surface area contributed by atoms with Crippen LogP contribution >= 0.6 is 0 Å². The lowest BCUT2D eigenvalue weighted by atomic mass is 10.0. The average molecular weight is 468 g/mol. The van der Waals surface area contributed by atoms with Gasteiger partial charge in [0.2, 0.25) is 0 Å². The summed E-state index contributed by atoms with van der Waals surface area (Å²) in [6.07, 6.45) is 4.41. The molecule has 0 N–H and O–H groups in total. The first-order valence-electron chi connectivity index (χ1n) is 10.8. The van der Waals surface area contributed by atoms with Crippen molar-refractivity contribution in [2.75, 3.05) is 43.7 Å². The second-order valence-corrected chi connectivity index (χ2v) is 10.1. The number of ketones is 1. The van der Waals surface area contributed by atoms with Gasteiger partial charge in [0, 0.05) is 37.6 Å². The molecule has 2 aromatic carbocycles. The van der Waals surface area contributed by atoms with E-state index in [2.05, 4.69) is 0 Å². The van der Waals surface area contributed by atoms with Gasteiger partial charge in [-0.25, -0.2) is 13.4 Å². The molecule has 3 rings (SSSR count). The van der Waals surface area contributed by atoms with E-state index in [9.17, 15) is 13.2 Å². The zero-order valence-electron chi connectivity index (χ0n) is 19.0. The van der Waals surface area contributed by atoms with Crippen molar-refractivity contribution in [3.8, 4) is 22.5 Å². The Bertz CT molecular complexity index is 1150. The first-order valence-corrected chi connectivity index (χ1v) is 12.9. The summed E-state index contributed by atoms with van der Waals surface area (Å²) in [5.74, 6) is -0.119. The van der Waals surface area contributed by atoms with Gasteiger partial charge in [0.25, 0.3) is 0 Å². The highest BCUT2D eigenvalue weighted by Gasteiger charge is 2.14. The van der Waals surface area contributed by atoms with Crippen molar-refractivity contribution in [2.24, 2.45) is 0 Å². The van der Waals surface area contributed by atoms with Crippen molar-refractivity contribution < 1.29 is 17.9 Å². The molecule has 8 heteroatoms. The maximum absolute atomic E-state index is 11.5. The second kappa shape index (κ2) is 11.7. The molecule has 0 aliphatic carbocycles. The SMILES string of the molecule is CN(CCCCOCC(=O)CS(C)(=O)=O)c1cnc(-c2ccccc2)c(-c2ccccc2)n1. The summed E-state index contributed by atoms with van der Waals surface area (Å²) in [5, 5.41) is 0. The quantitative estimate of drug-likeness (QED) is 0.376. The van der Waals surface area contributed by atoms with Crippen LogP contribution in [-0.2, 0) is 19.4 Å². The number of sulfone groups is 1. The molecule has 1 aromatic heterocycles. The van der Waals surface area contributed by atoms with Crippen LogP contribution in [0.25, 0.3) is 22.5 Å². The molecule has 0 fully saturated rings. The molecular weight excluding hydrogens is 438 g/mol. The molecule has 0 saturated heterocycles. The summed E-state index contributed by atoms with van der Waals surface area (Å²) in [6.45, 7) is 0.973. The fraction of sp³-hybridized carbons (Fsp3) is 0.320. The summed E-state index contributed by atoms with van der Waals surface area (Å²) in [4.78, 5) is 23.2. The molecule has 0 saturated carbocycles. The van der Waals surface area contributed by atoms with Crippen molar-refractivity contribution >= 4 is 21.4 Å². The van der Waals surface area contributed by atoms with Crippen molar-refractivity contribution in [1.82, 2.24) is 9.97 Å². The summed E-state index contributed by atoms with van der Waals surface area (Å²) in [6, 6.07) is 20.0. The lowest BCUT2D eigenvalue weighted by molar-refractivity contribution is -0.121. The first kappa shape index (κ1) is 24.5. The number of carbonyl (C=O) groups is 1. The Morgan fingerprint density at radius 2 is 1.55 bits per heavy atom. The smallest absolute Gasteiger partial charge is 0.173 e. The van der Waals surface area contributed by atoms with Crippen LogP contribution in [0.3, 0.4) is 0 Å². The number of benzene rings is 2. The minimum absolute atomic E-state index is 0.171. The van der Waals surface area contributed by atoms with Crippen LogP contribution in [0.15, 0.2) is 66.9 Å². The van der Waals surface area contributed by atoms with Crippen molar-refractivity contribution in [3.05, 3.63) is 66.9 Å². The zero-order valence-corrected chi connectivity index (χ0v) is 19.8. The number of anilines is 1. The number of rotatable bonds is 12. The highest BCUT2D eigenvalue weighted by Crippen LogP contribution is 2.30. The molecule has 0 atom stereocenters. The number of Topliss-reactive ketones (excluding diaryl/α,β-unsaturated/α-hetero) is 1. The molecule has 0 unspecified atom stereocenters. The highest BCUT2D eigenvalue weighted by molar-refractivity contribution is 7.91. The summed E-state index contributed by atoms with van der Waals surface area (Å²) < 4.78 is 27.5. The maximum Gasteiger partial charge on any atom is 0.173 e. The van der Waals surface area contributed by atoms with Gasteiger partial charge in [-0.1, -0.05) is 60.7 Å². The number of nitrogens with zero attached hydrogens (tertiary/aromatic N) is 3. The van der Waals surface area contributed by atoms with Gasteiger partial charge < -0.3 is 9.64 Å². The second-order valence-electron chi connectivity index (χ2n) is 7.95. The van der Waals surface area contributed by atoms with Gasteiger partial charge in [-0.05, 0) is 12.8 Å². The van der Waals surface area contributed by atoms with Gasteiger partial charge in [-0.3, -0.25) is 9.78 Å². The highest BCUT2D eigenvalue weighted by atomic mass is 32.2. The van der Waals surface area contributed by atoms with E-state index in [-0.39, 0.29) is 6.61 Å². The fourth-order valence-corrected chi connectivity index (χ4v) is 4.02. The number of hydrogen-bond acceptors (Lipinski definition) is 7. The molecule has 1 heterocycles. The van der Waals surface area contributed by atoms with Crippen LogP contribution in [0.1, 0.15) is 12.8 Å². The van der Waals surface area contributed by atoms with E-state index < -0.39 is 21.4 Å². The predicted molar refractivity (Wildman–Crippen MR) is 131 cm³/mol. The third-order valence-electron chi connectivity index (χ3n) is 4.96. The van der Waals surface area contributed by atoms with Crippen molar-refractivity contribution in [3.63, 3.8) is 0 Å². The Kier molecular flexibility index (Phi) is 8.68. The minimum atomic E-state index is -3.31. The molecule has 7 nitrogen and oxygen atoms in total. The van der Waals surface area contributed by atoms with Gasteiger partial charge in [0.05, 0.1) is 17.6 Å². The number of aromatic nitrogens is 2. The van der Waals surface area contributed by atoms with E-state index in [1.54, 1.807) is 6.20 Å². The molecule has 3 aromatic rings. The summed E-state index contributed by atoms with van der Waals surface area (Å²) in [5.41, 5.74) is 3.69. The van der Waals surface area contributed by atoms with Gasteiger partial charge in [0.1, 0.15) is 18.2 Å². The van der Waals surface area contributed by atoms with Gasteiger partial charge in [-0.2, -0.15) is 0 Å². The fourth-order valence-electron chi connectivity index (χ4n) is 3.36. The number of hydrogen-bond donors (Lipinski definition) is 0. The minimum Gasteiger partial charge on any atom is -0.374 e. The monoisotopic (exact) mass is 467 g/mol. The van der Waals surface area contributed by atoms with Crippen LogP contribution in [0.4, 0.5) is 5.82 Å². The van der Waals surface area contributed by atoms with Crippen molar-refractivity contribution in [1.29, 1.82) is 0 Å². The molecule has 0 spiro atoms. The zero-order chi connectivity index (χ0) is 23.7. The third-order valence-corrected chi connectivity index (χ3v) is 5.81. The Morgan fingerprint density at radius 1 is 0.939 bits per heavy atom. The molecule has 33 heavy (non-hydrogen) atoms. The van der Waals surface area contributed by atoms with E-state index in [0.717, 1.165) is 54.0 Å². The van der Waals surface area contributed by atoms with E-state index in [0.29, 0.717) is 6.61 Å². The topological polar surface area (TPSA) is 89.5 Å². The molecular formula is C25H29N3O4S. The summed E-state index contributed by atoms with van der Waals surface area (Å²) >= 11 is 0. The van der Waals surface area contributed by atoms with Gasteiger partial charge in [0.15, 0.2) is 15.6 Å². The lowest BCUT2D eigenvalue weighted by Gasteiger charge is -2.20. The Hall–Kier alpha value is -3.10. The third kappa shape index (κ3) is 7.76. The number of carbonyl (C=O) groups excluding carboxylic acids is 1. The Morgan fingerprint density at radius 3 is 2.15 bits per heavy atom. The number of ether oxygens (including phenoxy) is 1. The van der Waals surface area contributed by atoms with Crippen LogP contribution in [0.5, 0.6) is 0 Å². The first-order chi connectivity index (χ1) is 15.8. The van der Waals surface area contributed by atoms with Crippen molar-refractivity contribution in [2.45, 2.75) is 12.8 Å². The van der Waals surface area contributed by atoms with E-state index in [4.69, 9.17) is 14.7 Å².